The molecular weight excluding hydrogens is 475 g/mol. The number of carbonyl (C=O) groups is 1. The molecule has 0 aromatic carbocycles. The number of nitrogens with zero attached hydrogens (tertiary/aromatic N) is 1. The SMILES string of the molecule is O=C(N[C@@H]1CCCC[C@H]1C(O)O)c1ccc2ccc(OCCCI)cn2c1=O. The molecule has 28 heavy (non-hydrogen) atoms. The molecule has 7 nitrogen and oxygen atoms in total. The Hall–Kier alpha value is -1.65. The second-order valence-electron chi connectivity index (χ2n) is 7.04. The van der Waals surface area contributed by atoms with E-state index in [1.165, 1.54) is 10.5 Å². The monoisotopic (exact) mass is 500 g/mol. The summed E-state index contributed by atoms with van der Waals surface area (Å²) in [5.41, 5.74) is 0.272. The highest BCUT2D eigenvalue weighted by atomic mass is 127. The molecule has 8 heteroatoms. The van der Waals surface area contributed by atoms with Gasteiger partial charge in [-0.3, -0.25) is 14.0 Å². The Morgan fingerprint density at radius 3 is 2.75 bits per heavy atom. The second kappa shape index (κ2) is 9.71. The zero-order valence-corrected chi connectivity index (χ0v) is 17.7. The number of halogens is 1. The minimum Gasteiger partial charge on any atom is -0.492 e. The number of nitrogens with one attached hydrogen (secondary N) is 1. The molecule has 2 heterocycles. The van der Waals surface area contributed by atoms with Crippen molar-refractivity contribution in [1.82, 2.24) is 9.72 Å². The van der Waals surface area contributed by atoms with E-state index in [2.05, 4.69) is 27.9 Å². The van der Waals surface area contributed by atoms with Gasteiger partial charge in [0.25, 0.3) is 11.5 Å². The summed E-state index contributed by atoms with van der Waals surface area (Å²) in [5.74, 6) is -0.334. The molecule has 0 aliphatic heterocycles. The van der Waals surface area contributed by atoms with Gasteiger partial charge in [-0.15, -0.1) is 0 Å². The van der Waals surface area contributed by atoms with Crippen molar-refractivity contribution in [3.05, 3.63) is 46.4 Å². The maximum Gasteiger partial charge on any atom is 0.268 e. The summed E-state index contributed by atoms with van der Waals surface area (Å²) in [6.45, 7) is 0.565. The Labute approximate surface area is 176 Å². The number of hydrogen-bond donors (Lipinski definition) is 3. The van der Waals surface area contributed by atoms with E-state index in [4.69, 9.17) is 4.74 Å². The van der Waals surface area contributed by atoms with Crippen molar-refractivity contribution in [3.8, 4) is 5.75 Å². The summed E-state index contributed by atoms with van der Waals surface area (Å²) in [4.78, 5) is 25.6. The largest absolute Gasteiger partial charge is 0.492 e. The average Bonchev–Trinajstić information content (AvgIpc) is 2.69. The highest BCUT2D eigenvalue weighted by molar-refractivity contribution is 14.1. The summed E-state index contributed by atoms with van der Waals surface area (Å²) in [7, 11) is 0. The molecule has 0 saturated heterocycles. The molecule has 1 amide bonds. The molecule has 152 valence electrons. The molecule has 3 N–H and O–H groups in total. The fourth-order valence-corrected chi connectivity index (χ4v) is 3.93. The van der Waals surface area contributed by atoms with Crippen LogP contribution >= 0.6 is 22.6 Å². The van der Waals surface area contributed by atoms with Crippen LogP contribution in [-0.4, -0.2) is 43.9 Å². The normalized spacial score (nSPS) is 19.7. The smallest absolute Gasteiger partial charge is 0.268 e. The van der Waals surface area contributed by atoms with Crippen LogP contribution in [0.1, 0.15) is 42.5 Å². The van der Waals surface area contributed by atoms with E-state index >= 15 is 0 Å². The van der Waals surface area contributed by atoms with E-state index < -0.39 is 23.7 Å². The van der Waals surface area contributed by atoms with E-state index in [9.17, 15) is 19.8 Å². The Balaban J connectivity index is 1.82. The standard InChI is InChI=1S/C20H25IN2O5/c21-10-3-11-28-14-8-6-13-7-9-16(19(25)23(13)12-14)18(24)22-17-5-2-1-4-15(17)20(26)27/h6-9,12,15,17,20,26-27H,1-5,10-11H2,(H,22,24)/t15-,17-/m1/s1. The van der Waals surface area contributed by atoms with Crippen molar-refractivity contribution >= 4 is 34.0 Å². The van der Waals surface area contributed by atoms with Crippen LogP contribution in [0.5, 0.6) is 5.75 Å². The highest BCUT2D eigenvalue weighted by Crippen LogP contribution is 2.26. The first-order chi connectivity index (χ1) is 13.5. The van der Waals surface area contributed by atoms with Gasteiger partial charge in [-0.25, -0.2) is 0 Å². The van der Waals surface area contributed by atoms with Crippen LogP contribution < -0.4 is 15.6 Å². The lowest BCUT2D eigenvalue weighted by Crippen LogP contribution is -2.47. The molecule has 0 radical (unpaired) electrons. The van der Waals surface area contributed by atoms with Crippen LogP contribution in [0.15, 0.2) is 35.3 Å². The van der Waals surface area contributed by atoms with Crippen LogP contribution in [0.4, 0.5) is 0 Å². The molecule has 2 aromatic heterocycles. The summed E-state index contributed by atoms with van der Waals surface area (Å²) in [5, 5.41) is 22.0. The van der Waals surface area contributed by atoms with Crippen molar-refractivity contribution in [2.24, 2.45) is 5.92 Å². The number of carbonyl (C=O) groups excluding carboxylic acids is 1. The molecule has 2 aromatic rings. The van der Waals surface area contributed by atoms with Crippen LogP contribution in [0, 0.1) is 5.92 Å². The predicted molar refractivity (Wildman–Crippen MR) is 114 cm³/mol. The molecule has 0 spiro atoms. The minimum absolute atomic E-state index is 0.0265. The average molecular weight is 500 g/mol. The quantitative estimate of drug-likeness (QED) is 0.234. The Morgan fingerprint density at radius 2 is 2.00 bits per heavy atom. The summed E-state index contributed by atoms with van der Waals surface area (Å²) >= 11 is 2.28. The fourth-order valence-electron chi connectivity index (χ4n) is 3.62. The molecular formula is C20H25IN2O5. The lowest BCUT2D eigenvalue weighted by molar-refractivity contribution is -0.100. The van der Waals surface area contributed by atoms with Crippen molar-refractivity contribution in [2.75, 3.05) is 11.0 Å². The van der Waals surface area contributed by atoms with E-state index in [0.29, 0.717) is 30.7 Å². The topological polar surface area (TPSA) is 100 Å². The van der Waals surface area contributed by atoms with Crippen molar-refractivity contribution in [3.63, 3.8) is 0 Å². The zero-order valence-electron chi connectivity index (χ0n) is 15.5. The van der Waals surface area contributed by atoms with Gasteiger partial charge in [0, 0.05) is 21.9 Å². The van der Waals surface area contributed by atoms with Crippen LogP contribution in [-0.2, 0) is 0 Å². The Kier molecular flexibility index (Phi) is 7.30. The first-order valence-corrected chi connectivity index (χ1v) is 11.0. The summed E-state index contributed by atoms with van der Waals surface area (Å²) < 4.78 is 8.05. The van der Waals surface area contributed by atoms with Gasteiger partial charge in [0.1, 0.15) is 11.3 Å². The van der Waals surface area contributed by atoms with Gasteiger partial charge in [-0.1, -0.05) is 35.4 Å². The number of ether oxygens (including phenoxy) is 1. The molecule has 3 rings (SSSR count). The van der Waals surface area contributed by atoms with E-state index in [0.717, 1.165) is 23.7 Å². The zero-order chi connectivity index (χ0) is 20.1. The minimum atomic E-state index is -1.48. The number of fused-ring (bicyclic) bond motifs is 1. The lowest BCUT2D eigenvalue weighted by atomic mass is 9.84. The van der Waals surface area contributed by atoms with Gasteiger partial charge < -0.3 is 20.3 Å². The molecule has 1 fully saturated rings. The van der Waals surface area contributed by atoms with Gasteiger partial charge in [-0.05, 0) is 43.5 Å². The summed E-state index contributed by atoms with van der Waals surface area (Å²) in [6.07, 6.45) is 4.13. The van der Waals surface area contributed by atoms with E-state index in [1.54, 1.807) is 24.4 Å². The first-order valence-electron chi connectivity index (χ1n) is 9.52. The Bertz CT molecular complexity index is 883. The highest BCUT2D eigenvalue weighted by Gasteiger charge is 2.31. The number of hydrogen-bond acceptors (Lipinski definition) is 5. The van der Waals surface area contributed by atoms with Crippen molar-refractivity contribution in [1.29, 1.82) is 0 Å². The molecule has 1 aliphatic rings. The van der Waals surface area contributed by atoms with Crippen molar-refractivity contribution in [2.45, 2.75) is 44.4 Å². The fraction of sp³-hybridized carbons (Fsp3) is 0.500. The second-order valence-corrected chi connectivity index (χ2v) is 8.12. The maximum absolute atomic E-state index is 12.9. The number of pyridine rings is 2. The first kappa shape index (κ1) is 21.1. The number of rotatable bonds is 7. The van der Waals surface area contributed by atoms with Gasteiger partial charge in [0.15, 0.2) is 6.29 Å². The third-order valence-electron chi connectivity index (χ3n) is 5.13. The van der Waals surface area contributed by atoms with Crippen LogP contribution in [0.25, 0.3) is 5.52 Å². The molecule has 1 saturated carbocycles. The van der Waals surface area contributed by atoms with E-state index in [1.807, 2.05) is 0 Å². The molecule has 1 aliphatic carbocycles. The number of aromatic nitrogens is 1. The Morgan fingerprint density at radius 1 is 1.25 bits per heavy atom. The molecule has 0 bridgehead atoms. The third-order valence-corrected chi connectivity index (χ3v) is 5.90. The van der Waals surface area contributed by atoms with Crippen LogP contribution in [0.2, 0.25) is 0 Å². The van der Waals surface area contributed by atoms with Crippen molar-refractivity contribution < 1.29 is 19.7 Å². The summed E-state index contributed by atoms with van der Waals surface area (Å²) in [6, 6.07) is 6.45. The molecule has 2 atom stereocenters. The third kappa shape index (κ3) is 4.84. The number of alkyl halides is 1. The van der Waals surface area contributed by atoms with Gasteiger partial charge in [-0.2, -0.15) is 0 Å². The lowest BCUT2D eigenvalue weighted by Gasteiger charge is -2.33. The maximum atomic E-state index is 12.9. The van der Waals surface area contributed by atoms with Gasteiger partial charge in [0.2, 0.25) is 0 Å². The predicted octanol–water partition coefficient (Wildman–Crippen LogP) is 2.10. The number of aliphatic hydroxyl groups excluding tert-OH is 1. The number of amides is 1. The van der Waals surface area contributed by atoms with Gasteiger partial charge in [0.05, 0.1) is 12.8 Å². The van der Waals surface area contributed by atoms with Gasteiger partial charge >= 0.3 is 0 Å². The van der Waals surface area contributed by atoms with Crippen LogP contribution in [0.3, 0.4) is 0 Å². The molecule has 0 unspecified atom stereocenters. The number of aliphatic hydroxyl groups is 2. The van der Waals surface area contributed by atoms with E-state index in [-0.39, 0.29) is 11.6 Å².